The normalized spacial score (nSPS) is 13.9. The van der Waals surface area contributed by atoms with Gasteiger partial charge in [-0.1, -0.05) is 67.8 Å². The summed E-state index contributed by atoms with van der Waals surface area (Å²) >= 11 is 0. The molecule has 0 bridgehead atoms. The van der Waals surface area contributed by atoms with Gasteiger partial charge in [0.1, 0.15) is 0 Å². The summed E-state index contributed by atoms with van der Waals surface area (Å²) in [6.07, 6.45) is 7.89. The summed E-state index contributed by atoms with van der Waals surface area (Å²) < 4.78 is 2.29. The third-order valence-corrected chi connectivity index (χ3v) is 8.09. The van der Waals surface area contributed by atoms with E-state index < -0.39 is 5.91 Å². The van der Waals surface area contributed by atoms with Crippen LogP contribution in [0, 0.1) is 0 Å². The van der Waals surface area contributed by atoms with Crippen LogP contribution in [0.3, 0.4) is 0 Å². The molecular weight excluding hydrogens is 516 g/mol. The number of primary amides is 1. The Hall–Kier alpha value is -4.35. The Morgan fingerprint density at radius 3 is 2.48 bits per heavy atom. The Morgan fingerprint density at radius 2 is 1.62 bits per heavy atom. The van der Waals surface area contributed by atoms with Gasteiger partial charge in [0.15, 0.2) is 0 Å². The average molecular weight is 547 g/mol. The van der Waals surface area contributed by atoms with Gasteiger partial charge in [-0.15, -0.1) is 12.4 Å². The minimum absolute atomic E-state index is 0. The lowest BCUT2D eigenvalue weighted by atomic mass is 9.95. The predicted molar refractivity (Wildman–Crippen MR) is 168 cm³/mol. The highest BCUT2D eigenvalue weighted by Crippen LogP contribution is 2.39. The van der Waals surface area contributed by atoms with Gasteiger partial charge in [0, 0.05) is 45.3 Å². The number of halogens is 1. The highest BCUT2D eigenvalue weighted by molar-refractivity contribution is 6.16. The molecule has 1 amide bonds. The molecule has 40 heavy (non-hydrogen) atoms. The Balaban J connectivity index is 0.00000289. The van der Waals surface area contributed by atoms with Crippen LogP contribution in [0.2, 0.25) is 0 Å². The van der Waals surface area contributed by atoms with Gasteiger partial charge in [-0.25, -0.2) is 0 Å². The van der Waals surface area contributed by atoms with Crippen molar-refractivity contribution >= 4 is 56.7 Å². The molecule has 1 aliphatic rings. The summed E-state index contributed by atoms with van der Waals surface area (Å²) in [6, 6.07) is 31.7. The number of nitrogens with two attached hydrogens (primary N) is 1. The molecule has 0 aliphatic heterocycles. The number of nitrogens with zero attached hydrogens (tertiary/aromatic N) is 2. The van der Waals surface area contributed by atoms with Crippen molar-refractivity contribution in [2.45, 2.75) is 38.1 Å². The van der Waals surface area contributed by atoms with Gasteiger partial charge >= 0.3 is 0 Å². The lowest BCUT2D eigenvalue weighted by Gasteiger charge is -2.25. The number of aromatic nitrogens is 2. The van der Waals surface area contributed by atoms with E-state index >= 15 is 0 Å². The Labute approximate surface area is 239 Å². The standard InChI is InChI=1S/C34H30N4O.ClH/c35-34(39)27-18-17-25(20-30(27)37-24-10-2-1-3-11-24)38-31-15-7-5-12-28(31)33-26(13-8-16-32(33)38)23-19-22-9-4-6-14-29(22)36-21-23;/h4-9,12-21,24,37H,1-3,10-11H2,(H2,35,39);1H. The van der Waals surface area contributed by atoms with Gasteiger partial charge in [-0.05, 0) is 60.9 Å². The summed E-state index contributed by atoms with van der Waals surface area (Å²) in [4.78, 5) is 17.1. The third kappa shape index (κ3) is 4.46. The maximum Gasteiger partial charge on any atom is 0.250 e. The fraction of sp³-hybridized carbons (Fsp3) is 0.176. The summed E-state index contributed by atoms with van der Waals surface area (Å²) in [5, 5.41) is 7.15. The maximum absolute atomic E-state index is 12.4. The lowest BCUT2D eigenvalue weighted by Crippen LogP contribution is -2.24. The fourth-order valence-electron chi connectivity index (χ4n) is 6.23. The van der Waals surface area contributed by atoms with E-state index in [-0.39, 0.29) is 12.4 Å². The number of pyridine rings is 1. The van der Waals surface area contributed by atoms with Crippen molar-refractivity contribution in [1.29, 1.82) is 0 Å². The summed E-state index contributed by atoms with van der Waals surface area (Å²) in [7, 11) is 0. The number of rotatable bonds is 5. The molecule has 2 aromatic heterocycles. The Kier molecular flexibility index (Phi) is 6.91. The number of hydrogen-bond acceptors (Lipinski definition) is 3. The molecule has 6 aromatic rings. The molecule has 1 saturated carbocycles. The second kappa shape index (κ2) is 10.7. The first-order valence-corrected chi connectivity index (χ1v) is 13.8. The first-order valence-electron chi connectivity index (χ1n) is 13.8. The zero-order valence-electron chi connectivity index (χ0n) is 22.1. The molecule has 5 nitrogen and oxygen atoms in total. The predicted octanol–water partition coefficient (Wildman–Crippen LogP) is 8.26. The van der Waals surface area contributed by atoms with Crippen LogP contribution >= 0.6 is 12.4 Å². The van der Waals surface area contributed by atoms with Crippen LogP contribution in [0.1, 0.15) is 42.5 Å². The first kappa shape index (κ1) is 25.9. The van der Waals surface area contributed by atoms with Crippen LogP contribution in [0.15, 0.2) is 97.2 Å². The number of hydrogen-bond donors (Lipinski definition) is 2. The molecule has 0 radical (unpaired) electrons. The molecule has 0 atom stereocenters. The van der Waals surface area contributed by atoms with E-state index in [1.165, 1.54) is 30.0 Å². The quantitative estimate of drug-likeness (QED) is 0.228. The van der Waals surface area contributed by atoms with Gasteiger partial charge < -0.3 is 15.6 Å². The molecule has 0 spiro atoms. The molecule has 3 N–H and O–H groups in total. The monoisotopic (exact) mass is 546 g/mol. The van der Waals surface area contributed by atoms with Crippen molar-refractivity contribution < 1.29 is 4.79 Å². The highest BCUT2D eigenvalue weighted by atomic mass is 35.5. The molecule has 4 aromatic carbocycles. The molecule has 6 heteroatoms. The van der Waals surface area contributed by atoms with Crippen LogP contribution in [-0.4, -0.2) is 21.5 Å². The van der Waals surface area contributed by atoms with Crippen molar-refractivity contribution in [3.05, 3.63) is 103 Å². The van der Waals surface area contributed by atoms with Crippen LogP contribution in [0.25, 0.3) is 49.5 Å². The number of carbonyl (C=O) groups excluding carboxylic acids is 1. The molecule has 7 rings (SSSR count). The molecule has 2 heterocycles. The molecule has 0 saturated heterocycles. The van der Waals surface area contributed by atoms with Gasteiger partial charge in [-0.2, -0.15) is 0 Å². The van der Waals surface area contributed by atoms with E-state index in [1.807, 2.05) is 30.5 Å². The smallest absolute Gasteiger partial charge is 0.250 e. The second-order valence-electron chi connectivity index (χ2n) is 10.5. The van der Waals surface area contributed by atoms with E-state index in [9.17, 15) is 4.79 Å². The number of carbonyl (C=O) groups is 1. The van der Waals surface area contributed by atoms with E-state index in [0.29, 0.717) is 11.6 Å². The van der Waals surface area contributed by atoms with Gasteiger partial charge in [0.05, 0.1) is 22.1 Å². The topological polar surface area (TPSA) is 72.9 Å². The number of nitrogens with one attached hydrogen (secondary N) is 1. The number of anilines is 1. The Bertz CT molecular complexity index is 1870. The van der Waals surface area contributed by atoms with Crippen molar-refractivity contribution in [1.82, 2.24) is 9.55 Å². The summed E-state index contributed by atoms with van der Waals surface area (Å²) in [6.45, 7) is 0. The number of fused-ring (bicyclic) bond motifs is 4. The van der Waals surface area contributed by atoms with Gasteiger partial charge in [0.25, 0.3) is 5.91 Å². The maximum atomic E-state index is 12.4. The summed E-state index contributed by atoms with van der Waals surface area (Å²) in [5.74, 6) is -0.409. The third-order valence-electron chi connectivity index (χ3n) is 8.09. The fourth-order valence-corrected chi connectivity index (χ4v) is 6.23. The van der Waals surface area contributed by atoms with E-state index in [2.05, 4.69) is 76.6 Å². The lowest BCUT2D eigenvalue weighted by molar-refractivity contribution is 0.100. The number of benzene rings is 4. The molecule has 1 aliphatic carbocycles. The first-order chi connectivity index (χ1) is 19.2. The van der Waals surface area contributed by atoms with E-state index in [0.717, 1.165) is 57.3 Å². The van der Waals surface area contributed by atoms with Crippen LogP contribution in [0.5, 0.6) is 0 Å². The Morgan fingerprint density at radius 1 is 0.850 bits per heavy atom. The zero-order valence-corrected chi connectivity index (χ0v) is 23.0. The number of amides is 1. The summed E-state index contributed by atoms with van der Waals surface area (Å²) in [5.41, 5.74) is 13.6. The van der Waals surface area contributed by atoms with E-state index in [4.69, 9.17) is 10.7 Å². The van der Waals surface area contributed by atoms with Crippen molar-refractivity contribution in [3.63, 3.8) is 0 Å². The molecular formula is C34H31ClN4O. The van der Waals surface area contributed by atoms with Gasteiger partial charge in [-0.3, -0.25) is 9.78 Å². The van der Waals surface area contributed by atoms with Crippen LogP contribution in [0.4, 0.5) is 5.69 Å². The van der Waals surface area contributed by atoms with Crippen molar-refractivity contribution in [3.8, 4) is 16.8 Å². The minimum Gasteiger partial charge on any atom is -0.382 e. The largest absolute Gasteiger partial charge is 0.382 e. The van der Waals surface area contributed by atoms with Crippen LogP contribution < -0.4 is 11.1 Å². The average Bonchev–Trinajstić information content (AvgIpc) is 3.32. The molecule has 200 valence electrons. The van der Waals surface area contributed by atoms with Crippen LogP contribution in [-0.2, 0) is 0 Å². The number of para-hydroxylation sites is 2. The molecule has 0 unspecified atom stereocenters. The second-order valence-corrected chi connectivity index (χ2v) is 10.5. The molecule has 1 fully saturated rings. The zero-order chi connectivity index (χ0) is 26.3. The van der Waals surface area contributed by atoms with Crippen molar-refractivity contribution in [2.24, 2.45) is 5.73 Å². The highest BCUT2D eigenvalue weighted by Gasteiger charge is 2.20. The van der Waals surface area contributed by atoms with Crippen molar-refractivity contribution in [2.75, 3.05) is 5.32 Å². The minimum atomic E-state index is -0.409. The SMILES string of the molecule is Cl.NC(=O)c1ccc(-n2c3ccccc3c3c(-c4cnc5ccccc5c4)cccc32)cc1NC1CCCCC1. The van der Waals surface area contributed by atoms with E-state index in [1.54, 1.807) is 0 Å². The van der Waals surface area contributed by atoms with Gasteiger partial charge in [0.2, 0.25) is 0 Å².